The molecule has 1 heterocycles. The van der Waals surface area contributed by atoms with Crippen molar-refractivity contribution in [1.29, 1.82) is 0 Å². The summed E-state index contributed by atoms with van der Waals surface area (Å²) in [6, 6.07) is 0. The second-order valence-corrected chi connectivity index (χ2v) is 6.82. The number of rotatable bonds is 5. The van der Waals surface area contributed by atoms with Crippen LogP contribution in [-0.2, 0) is 0 Å². The van der Waals surface area contributed by atoms with Crippen LogP contribution in [0.15, 0.2) is 0 Å². The van der Waals surface area contributed by atoms with E-state index in [9.17, 15) is 0 Å². The zero-order chi connectivity index (χ0) is 11.6. The first kappa shape index (κ1) is 12.4. The van der Waals surface area contributed by atoms with Crippen LogP contribution in [0.1, 0.15) is 46.5 Å². The minimum absolute atomic E-state index is 0.279. The second kappa shape index (κ2) is 5.05. The van der Waals surface area contributed by atoms with Gasteiger partial charge in [0.05, 0.1) is 0 Å². The van der Waals surface area contributed by atoms with Gasteiger partial charge in [-0.25, -0.2) is 0 Å². The molecule has 1 aliphatic heterocycles. The Morgan fingerprint density at radius 3 is 2.50 bits per heavy atom. The first-order valence-electron chi connectivity index (χ1n) is 7.00. The highest BCUT2D eigenvalue weighted by atomic mass is 15.1. The summed E-state index contributed by atoms with van der Waals surface area (Å²) in [5, 5.41) is 3.63. The van der Waals surface area contributed by atoms with Crippen LogP contribution in [0.5, 0.6) is 0 Å². The Morgan fingerprint density at radius 2 is 1.88 bits per heavy atom. The Bertz CT molecular complexity index is 215. The number of nitrogens with zero attached hydrogens (tertiary/aromatic N) is 1. The number of hydrogen-bond donors (Lipinski definition) is 1. The molecule has 94 valence electrons. The van der Waals surface area contributed by atoms with E-state index >= 15 is 0 Å². The maximum Gasteiger partial charge on any atom is 0.00966 e. The zero-order valence-electron chi connectivity index (χ0n) is 11.3. The van der Waals surface area contributed by atoms with Gasteiger partial charge in [-0.05, 0) is 65.1 Å². The lowest BCUT2D eigenvalue weighted by Crippen LogP contribution is -2.39. The monoisotopic (exact) mass is 224 g/mol. The molecule has 1 N–H and O–H groups in total. The molecule has 0 radical (unpaired) electrons. The first-order chi connectivity index (χ1) is 7.53. The molecule has 16 heavy (non-hydrogen) atoms. The normalized spacial score (nSPS) is 27.6. The molecule has 1 aliphatic carbocycles. The molecule has 0 aromatic heterocycles. The van der Waals surface area contributed by atoms with Crippen molar-refractivity contribution in [3.8, 4) is 0 Å². The molecule has 0 spiro atoms. The molecule has 2 fully saturated rings. The van der Waals surface area contributed by atoms with Crippen molar-refractivity contribution in [2.24, 2.45) is 11.8 Å². The predicted octanol–water partition coefficient (Wildman–Crippen LogP) is 2.50. The van der Waals surface area contributed by atoms with Crippen LogP contribution in [0, 0.1) is 11.8 Å². The first-order valence-corrected chi connectivity index (χ1v) is 7.00. The summed E-state index contributed by atoms with van der Waals surface area (Å²) in [5.74, 6) is 1.98. The Labute approximate surface area is 101 Å². The topological polar surface area (TPSA) is 15.3 Å². The summed E-state index contributed by atoms with van der Waals surface area (Å²) < 4.78 is 0. The van der Waals surface area contributed by atoms with E-state index in [1.54, 1.807) is 0 Å². The van der Waals surface area contributed by atoms with Crippen LogP contribution in [0.3, 0.4) is 0 Å². The van der Waals surface area contributed by atoms with Gasteiger partial charge in [0, 0.05) is 12.1 Å². The standard InChI is InChI=1S/C14H28N2/c1-14(2,3)15-10-13-7-9-16(11-13)8-6-12-4-5-12/h12-13,15H,4-11H2,1-3H3. The summed E-state index contributed by atoms with van der Waals surface area (Å²) in [6.07, 6.45) is 5.86. The van der Waals surface area contributed by atoms with Crippen LogP contribution < -0.4 is 5.32 Å². The molecule has 2 heteroatoms. The van der Waals surface area contributed by atoms with Crippen LogP contribution in [0.2, 0.25) is 0 Å². The van der Waals surface area contributed by atoms with Crippen molar-refractivity contribution in [1.82, 2.24) is 10.2 Å². The van der Waals surface area contributed by atoms with Gasteiger partial charge in [-0.1, -0.05) is 12.8 Å². The van der Waals surface area contributed by atoms with Crippen LogP contribution >= 0.6 is 0 Å². The highest BCUT2D eigenvalue weighted by molar-refractivity contribution is 4.82. The molecule has 2 aliphatic rings. The van der Waals surface area contributed by atoms with E-state index in [2.05, 4.69) is 31.0 Å². The Hall–Kier alpha value is -0.0800. The van der Waals surface area contributed by atoms with Crippen molar-refractivity contribution in [2.45, 2.75) is 52.0 Å². The Balaban J connectivity index is 1.59. The van der Waals surface area contributed by atoms with E-state index in [1.807, 2.05) is 0 Å². The van der Waals surface area contributed by atoms with E-state index < -0.39 is 0 Å². The summed E-state index contributed by atoms with van der Waals surface area (Å²) in [6.45, 7) is 12.0. The fraction of sp³-hybridized carbons (Fsp3) is 1.00. The van der Waals surface area contributed by atoms with Gasteiger partial charge in [0.25, 0.3) is 0 Å². The highest BCUT2D eigenvalue weighted by Gasteiger charge is 2.26. The number of hydrogen-bond acceptors (Lipinski definition) is 2. The molecule has 0 aromatic carbocycles. The molecule has 0 amide bonds. The summed E-state index contributed by atoms with van der Waals surface area (Å²) >= 11 is 0. The molecule has 2 rings (SSSR count). The molecule has 1 unspecified atom stereocenters. The number of nitrogens with one attached hydrogen (secondary N) is 1. The third-order valence-corrected chi connectivity index (χ3v) is 3.84. The van der Waals surface area contributed by atoms with Crippen molar-refractivity contribution in [2.75, 3.05) is 26.2 Å². The molecule has 1 saturated carbocycles. The summed E-state index contributed by atoms with van der Waals surface area (Å²) in [5.41, 5.74) is 0.279. The average molecular weight is 224 g/mol. The van der Waals surface area contributed by atoms with Crippen molar-refractivity contribution < 1.29 is 0 Å². The Morgan fingerprint density at radius 1 is 1.12 bits per heavy atom. The lowest BCUT2D eigenvalue weighted by molar-refractivity contribution is 0.303. The third kappa shape index (κ3) is 4.42. The second-order valence-electron chi connectivity index (χ2n) is 6.82. The largest absolute Gasteiger partial charge is 0.312 e. The van der Waals surface area contributed by atoms with Crippen LogP contribution in [0.25, 0.3) is 0 Å². The number of likely N-dealkylation sites (tertiary alicyclic amines) is 1. The lowest BCUT2D eigenvalue weighted by atomic mass is 10.1. The quantitative estimate of drug-likeness (QED) is 0.772. The predicted molar refractivity (Wildman–Crippen MR) is 69.6 cm³/mol. The molecule has 2 nitrogen and oxygen atoms in total. The van der Waals surface area contributed by atoms with Gasteiger partial charge in [-0.2, -0.15) is 0 Å². The van der Waals surface area contributed by atoms with E-state index in [0.717, 1.165) is 11.8 Å². The molecule has 1 saturated heterocycles. The zero-order valence-corrected chi connectivity index (χ0v) is 11.3. The molecule has 1 atom stereocenters. The van der Waals surface area contributed by atoms with Crippen molar-refractivity contribution >= 4 is 0 Å². The lowest BCUT2D eigenvalue weighted by Gasteiger charge is -2.23. The van der Waals surface area contributed by atoms with E-state index in [0.29, 0.717) is 0 Å². The summed E-state index contributed by atoms with van der Waals surface area (Å²) in [7, 11) is 0. The fourth-order valence-corrected chi connectivity index (χ4v) is 2.50. The minimum Gasteiger partial charge on any atom is -0.312 e. The molecule has 0 bridgehead atoms. The third-order valence-electron chi connectivity index (χ3n) is 3.84. The van der Waals surface area contributed by atoms with Crippen LogP contribution in [0.4, 0.5) is 0 Å². The van der Waals surface area contributed by atoms with E-state index in [4.69, 9.17) is 0 Å². The maximum absolute atomic E-state index is 3.63. The molecular weight excluding hydrogens is 196 g/mol. The van der Waals surface area contributed by atoms with Crippen molar-refractivity contribution in [3.63, 3.8) is 0 Å². The highest BCUT2D eigenvalue weighted by Crippen LogP contribution is 2.33. The van der Waals surface area contributed by atoms with Crippen LogP contribution in [-0.4, -0.2) is 36.6 Å². The maximum atomic E-state index is 3.63. The van der Waals surface area contributed by atoms with E-state index in [-0.39, 0.29) is 5.54 Å². The summed E-state index contributed by atoms with van der Waals surface area (Å²) in [4.78, 5) is 2.67. The SMILES string of the molecule is CC(C)(C)NCC1CCN(CCC2CC2)C1. The van der Waals surface area contributed by atoms with Gasteiger partial charge in [0.15, 0.2) is 0 Å². The van der Waals surface area contributed by atoms with Gasteiger partial charge in [0.1, 0.15) is 0 Å². The van der Waals surface area contributed by atoms with Gasteiger partial charge in [0.2, 0.25) is 0 Å². The van der Waals surface area contributed by atoms with Gasteiger partial charge >= 0.3 is 0 Å². The Kier molecular flexibility index (Phi) is 3.91. The molecular formula is C14H28N2. The van der Waals surface area contributed by atoms with Gasteiger partial charge < -0.3 is 10.2 Å². The molecule has 0 aromatic rings. The minimum atomic E-state index is 0.279. The average Bonchev–Trinajstić information content (AvgIpc) is 2.91. The van der Waals surface area contributed by atoms with Gasteiger partial charge in [-0.15, -0.1) is 0 Å². The van der Waals surface area contributed by atoms with Crippen molar-refractivity contribution in [3.05, 3.63) is 0 Å². The van der Waals surface area contributed by atoms with Gasteiger partial charge in [-0.3, -0.25) is 0 Å². The smallest absolute Gasteiger partial charge is 0.00966 e. The fourth-order valence-electron chi connectivity index (χ4n) is 2.50. The van der Waals surface area contributed by atoms with E-state index in [1.165, 1.54) is 51.9 Å².